The molecule has 0 spiro atoms. The minimum atomic E-state index is 0.580. The summed E-state index contributed by atoms with van der Waals surface area (Å²) in [6, 6.07) is 76.3. The second-order valence-corrected chi connectivity index (χ2v) is 15.6. The topological polar surface area (TPSA) is 56.7 Å². The zero-order valence-corrected chi connectivity index (χ0v) is 33.5. The van der Waals surface area contributed by atoms with Crippen molar-refractivity contribution in [2.24, 2.45) is 0 Å². The third kappa shape index (κ3) is 6.14. The largest absolute Gasteiger partial charge is 0.455 e. The van der Waals surface area contributed by atoms with Gasteiger partial charge >= 0.3 is 0 Å². The van der Waals surface area contributed by atoms with Crippen LogP contribution in [0.15, 0.2) is 223 Å². The summed E-state index contributed by atoms with van der Waals surface area (Å²) in [5, 5.41) is 4.48. The standard InChI is InChI=1S/C57H36N4O/c1-5-15-37(16-6-1)40-21-13-22-43(33-40)56-58-55(39-19-9-3-10-20-39)59-57(60-56)44-27-30-47-48-26-14-25-46(54(48)62-53(47)36-44)42-29-32-52-50(35-42)49-34-41(38-17-7-2-8-18-38)28-31-51(49)61(52)45-23-11-4-12-24-45/h1-36H. The van der Waals surface area contributed by atoms with E-state index in [2.05, 4.69) is 187 Å². The molecule has 3 heterocycles. The molecule has 0 aliphatic carbocycles. The lowest BCUT2D eigenvalue weighted by atomic mass is 9.99. The van der Waals surface area contributed by atoms with Gasteiger partial charge < -0.3 is 8.98 Å². The molecular formula is C57H36N4O. The van der Waals surface area contributed by atoms with Crippen LogP contribution in [0.4, 0.5) is 0 Å². The highest BCUT2D eigenvalue weighted by Crippen LogP contribution is 2.41. The predicted molar refractivity (Wildman–Crippen MR) is 254 cm³/mol. The van der Waals surface area contributed by atoms with Crippen LogP contribution in [0.2, 0.25) is 0 Å². The summed E-state index contributed by atoms with van der Waals surface area (Å²) in [6.45, 7) is 0. The SMILES string of the molecule is c1ccc(-c2cccc(-c3nc(-c4ccccc4)nc(-c4ccc5c(c4)oc4c(-c6ccc7c(c6)c6cc(-c8ccccc8)ccc6n7-c6ccccc6)cccc45)n3)c2)cc1. The van der Waals surface area contributed by atoms with Gasteiger partial charge in [-0.05, 0) is 82.4 Å². The van der Waals surface area contributed by atoms with E-state index in [0.717, 1.165) is 72.1 Å². The lowest BCUT2D eigenvalue weighted by Crippen LogP contribution is -2.00. The Kier molecular flexibility index (Phi) is 8.42. The number of benzene rings is 9. The fraction of sp³-hybridized carbons (Fsp3) is 0. The Balaban J connectivity index is 0.992. The second kappa shape index (κ2) is 14.7. The Labute approximate surface area is 357 Å². The molecule has 0 saturated heterocycles. The number of furan rings is 1. The van der Waals surface area contributed by atoms with Crippen LogP contribution < -0.4 is 0 Å². The van der Waals surface area contributed by atoms with E-state index < -0.39 is 0 Å². The quantitative estimate of drug-likeness (QED) is 0.161. The van der Waals surface area contributed by atoms with Crippen LogP contribution in [0.3, 0.4) is 0 Å². The zero-order valence-electron chi connectivity index (χ0n) is 33.5. The van der Waals surface area contributed by atoms with Crippen LogP contribution >= 0.6 is 0 Å². The van der Waals surface area contributed by atoms with Crippen molar-refractivity contribution < 1.29 is 4.42 Å². The summed E-state index contributed by atoms with van der Waals surface area (Å²) in [4.78, 5) is 15.1. The van der Waals surface area contributed by atoms with Gasteiger partial charge in [-0.1, -0.05) is 164 Å². The molecular weight excluding hydrogens is 757 g/mol. The Hall–Kier alpha value is -8.41. The highest BCUT2D eigenvalue weighted by molar-refractivity contribution is 6.14. The van der Waals surface area contributed by atoms with Gasteiger partial charge in [0.2, 0.25) is 0 Å². The second-order valence-electron chi connectivity index (χ2n) is 15.6. The molecule has 3 aromatic heterocycles. The highest BCUT2D eigenvalue weighted by Gasteiger charge is 2.19. The first-order chi connectivity index (χ1) is 30.7. The molecule has 0 radical (unpaired) electrons. The number of para-hydroxylation sites is 2. The van der Waals surface area contributed by atoms with Gasteiger partial charge in [-0.2, -0.15) is 0 Å². The van der Waals surface area contributed by atoms with Crippen molar-refractivity contribution in [3.8, 4) is 73.2 Å². The molecule has 12 aromatic rings. The van der Waals surface area contributed by atoms with Gasteiger partial charge in [-0.15, -0.1) is 0 Å². The molecule has 12 rings (SSSR count). The van der Waals surface area contributed by atoms with Gasteiger partial charge in [-0.3, -0.25) is 0 Å². The van der Waals surface area contributed by atoms with E-state index >= 15 is 0 Å². The van der Waals surface area contributed by atoms with Crippen molar-refractivity contribution in [2.75, 3.05) is 0 Å². The van der Waals surface area contributed by atoms with E-state index in [1.165, 1.54) is 27.4 Å². The van der Waals surface area contributed by atoms with Gasteiger partial charge in [0, 0.05) is 49.5 Å². The minimum Gasteiger partial charge on any atom is -0.455 e. The lowest BCUT2D eigenvalue weighted by molar-refractivity contribution is 0.670. The number of hydrogen-bond donors (Lipinski definition) is 0. The third-order valence-electron chi connectivity index (χ3n) is 11.8. The van der Waals surface area contributed by atoms with Crippen LogP contribution in [0, 0.1) is 0 Å². The predicted octanol–water partition coefficient (Wildman–Crippen LogP) is 14.9. The fourth-order valence-electron chi connectivity index (χ4n) is 8.84. The normalized spacial score (nSPS) is 11.5. The van der Waals surface area contributed by atoms with Crippen LogP contribution in [0.5, 0.6) is 0 Å². The van der Waals surface area contributed by atoms with Crippen molar-refractivity contribution in [3.05, 3.63) is 218 Å². The summed E-state index contributed by atoms with van der Waals surface area (Å²) in [6.07, 6.45) is 0. The van der Waals surface area contributed by atoms with Gasteiger partial charge in [0.25, 0.3) is 0 Å². The summed E-state index contributed by atoms with van der Waals surface area (Å²) < 4.78 is 9.23. The van der Waals surface area contributed by atoms with Gasteiger partial charge in [0.05, 0.1) is 11.0 Å². The van der Waals surface area contributed by atoms with Gasteiger partial charge in [0.1, 0.15) is 11.2 Å². The Bertz CT molecular complexity index is 3610. The Morgan fingerprint density at radius 2 is 0.790 bits per heavy atom. The summed E-state index contributed by atoms with van der Waals surface area (Å²) >= 11 is 0. The first kappa shape index (κ1) is 35.5. The van der Waals surface area contributed by atoms with E-state index in [0.29, 0.717) is 17.5 Å². The number of nitrogens with zero attached hydrogens (tertiary/aromatic N) is 4. The monoisotopic (exact) mass is 792 g/mol. The molecule has 0 aliphatic rings. The van der Waals surface area contributed by atoms with Crippen LogP contribution in [-0.2, 0) is 0 Å². The molecule has 0 fully saturated rings. The third-order valence-corrected chi connectivity index (χ3v) is 11.8. The smallest absolute Gasteiger partial charge is 0.164 e. The maximum absolute atomic E-state index is 6.87. The van der Waals surface area contributed by atoms with Crippen molar-refractivity contribution in [3.63, 3.8) is 0 Å². The molecule has 0 N–H and O–H groups in total. The van der Waals surface area contributed by atoms with E-state index in [9.17, 15) is 0 Å². The minimum absolute atomic E-state index is 0.580. The number of fused-ring (bicyclic) bond motifs is 6. The average Bonchev–Trinajstić information content (AvgIpc) is 3.90. The highest BCUT2D eigenvalue weighted by atomic mass is 16.3. The molecule has 5 nitrogen and oxygen atoms in total. The van der Waals surface area contributed by atoms with E-state index in [1.807, 2.05) is 36.4 Å². The molecule has 0 bridgehead atoms. The Morgan fingerprint density at radius 1 is 0.306 bits per heavy atom. The lowest BCUT2D eigenvalue weighted by Gasteiger charge is -2.09. The van der Waals surface area contributed by atoms with Crippen molar-refractivity contribution in [2.45, 2.75) is 0 Å². The summed E-state index contributed by atoms with van der Waals surface area (Å²) in [5.41, 5.74) is 14.5. The van der Waals surface area contributed by atoms with Crippen LogP contribution in [-0.4, -0.2) is 19.5 Å². The fourth-order valence-corrected chi connectivity index (χ4v) is 8.84. The van der Waals surface area contributed by atoms with E-state index in [4.69, 9.17) is 19.4 Å². The van der Waals surface area contributed by atoms with E-state index in [-0.39, 0.29) is 0 Å². The molecule has 0 amide bonds. The van der Waals surface area contributed by atoms with Crippen LogP contribution in [0.1, 0.15) is 0 Å². The first-order valence-electron chi connectivity index (χ1n) is 20.8. The maximum Gasteiger partial charge on any atom is 0.164 e. The Morgan fingerprint density at radius 3 is 1.45 bits per heavy atom. The molecule has 9 aromatic carbocycles. The van der Waals surface area contributed by atoms with Gasteiger partial charge in [-0.25, -0.2) is 15.0 Å². The molecule has 5 heteroatoms. The maximum atomic E-state index is 6.87. The van der Waals surface area contributed by atoms with Crippen molar-refractivity contribution in [1.82, 2.24) is 19.5 Å². The van der Waals surface area contributed by atoms with Crippen LogP contribution in [0.25, 0.3) is 117 Å². The number of hydrogen-bond acceptors (Lipinski definition) is 4. The van der Waals surface area contributed by atoms with Crippen molar-refractivity contribution in [1.29, 1.82) is 0 Å². The van der Waals surface area contributed by atoms with Crippen molar-refractivity contribution >= 4 is 43.7 Å². The molecule has 0 aliphatic heterocycles. The molecule has 290 valence electrons. The average molecular weight is 793 g/mol. The number of aromatic nitrogens is 4. The summed E-state index contributed by atoms with van der Waals surface area (Å²) in [7, 11) is 0. The molecule has 0 saturated carbocycles. The first-order valence-corrected chi connectivity index (χ1v) is 20.8. The number of rotatable bonds is 7. The molecule has 62 heavy (non-hydrogen) atoms. The molecule has 0 atom stereocenters. The molecule has 0 unspecified atom stereocenters. The summed E-state index contributed by atoms with van der Waals surface area (Å²) in [5.74, 6) is 1.80. The van der Waals surface area contributed by atoms with Gasteiger partial charge in [0.15, 0.2) is 17.5 Å². The zero-order chi connectivity index (χ0) is 41.0. The van der Waals surface area contributed by atoms with E-state index in [1.54, 1.807) is 0 Å².